The number of likely N-dealkylation sites (N-methyl/N-ethyl adjacent to an activating group) is 1. The fourth-order valence-corrected chi connectivity index (χ4v) is 3.70. The van der Waals surface area contributed by atoms with Crippen molar-refractivity contribution in [1.82, 2.24) is 4.90 Å². The van der Waals surface area contributed by atoms with Crippen LogP contribution in [0.25, 0.3) is 0 Å². The number of halogens is 1. The Balaban J connectivity index is 1.56. The van der Waals surface area contributed by atoms with Crippen molar-refractivity contribution in [2.24, 2.45) is 0 Å². The number of hydrogen-bond donors (Lipinski definition) is 1. The largest absolute Gasteiger partial charge is 0.369 e. The van der Waals surface area contributed by atoms with Crippen LogP contribution in [0.2, 0.25) is 5.02 Å². The summed E-state index contributed by atoms with van der Waals surface area (Å²) in [5.41, 5.74) is 4.22. The average molecular weight is 386 g/mol. The van der Waals surface area contributed by atoms with Gasteiger partial charge in [0, 0.05) is 49.0 Å². The first-order valence-corrected chi connectivity index (χ1v) is 10.1. The molecule has 0 spiro atoms. The summed E-state index contributed by atoms with van der Waals surface area (Å²) in [6.07, 6.45) is 1.06. The van der Waals surface area contributed by atoms with E-state index in [-0.39, 0.29) is 5.91 Å². The molecule has 3 rings (SSSR count). The monoisotopic (exact) mass is 385 g/mol. The van der Waals surface area contributed by atoms with Gasteiger partial charge in [-0.15, -0.1) is 0 Å². The normalized spacial score (nSPS) is 15.0. The number of anilines is 2. The van der Waals surface area contributed by atoms with Crippen molar-refractivity contribution in [1.29, 1.82) is 0 Å². The number of nitrogens with one attached hydrogen (secondary N) is 1. The third-order valence-corrected chi connectivity index (χ3v) is 5.62. The lowest BCUT2D eigenvalue weighted by atomic mass is 10.1. The number of piperazine rings is 1. The van der Waals surface area contributed by atoms with Crippen LogP contribution in [0.3, 0.4) is 0 Å². The minimum atomic E-state index is 0.0160. The molecule has 0 saturated carbocycles. The Kier molecular flexibility index (Phi) is 6.75. The van der Waals surface area contributed by atoms with Crippen LogP contribution in [-0.4, -0.2) is 43.5 Å². The van der Waals surface area contributed by atoms with Gasteiger partial charge in [-0.1, -0.05) is 36.7 Å². The van der Waals surface area contributed by atoms with E-state index in [1.807, 2.05) is 30.3 Å². The zero-order valence-electron chi connectivity index (χ0n) is 16.2. The molecular formula is C22H28ClN3O. The molecule has 1 heterocycles. The van der Waals surface area contributed by atoms with E-state index in [1.54, 1.807) is 0 Å². The van der Waals surface area contributed by atoms with Gasteiger partial charge in [-0.3, -0.25) is 4.79 Å². The topological polar surface area (TPSA) is 35.6 Å². The van der Waals surface area contributed by atoms with E-state index < -0.39 is 0 Å². The molecule has 0 bridgehead atoms. The van der Waals surface area contributed by atoms with Gasteiger partial charge in [-0.05, 0) is 55.3 Å². The molecule has 4 nitrogen and oxygen atoms in total. The lowest BCUT2D eigenvalue weighted by Gasteiger charge is -2.35. The summed E-state index contributed by atoms with van der Waals surface area (Å²) in [6, 6.07) is 14.0. The summed E-state index contributed by atoms with van der Waals surface area (Å²) in [5.74, 6) is 0.0160. The Morgan fingerprint density at radius 2 is 1.85 bits per heavy atom. The number of carbonyl (C=O) groups is 1. The number of rotatable bonds is 6. The van der Waals surface area contributed by atoms with Crippen LogP contribution in [0.5, 0.6) is 0 Å². The molecule has 1 saturated heterocycles. The molecule has 2 aromatic carbocycles. The number of hydrogen-bond acceptors (Lipinski definition) is 3. The highest BCUT2D eigenvalue weighted by molar-refractivity contribution is 6.31. The summed E-state index contributed by atoms with van der Waals surface area (Å²) in [5, 5.41) is 3.75. The van der Waals surface area contributed by atoms with Gasteiger partial charge in [-0.2, -0.15) is 0 Å². The molecule has 0 atom stereocenters. The molecule has 0 aliphatic carbocycles. The molecule has 5 heteroatoms. The minimum Gasteiger partial charge on any atom is -0.369 e. The van der Waals surface area contributed by atoms with Crippen LogP contribution in [0.1, 0.15) is 24.5 Å². The molecule has 0 aromatic heterocycles. The SMILES string of the molecule is CCN1CCN(c2ccc(NC(=O)CCc3ccccc3Cl)c(C)c2)CC1. The second-order valence-corrected chi connectivity index (χ2v) is 7.47. The number of aryl methyl sites for hydroxylation is 2. The zero-order chi connectivity index (χ0) is 19.2. The predicted molar refractivity (Wildman–Crippen MR) is 114 cm³/mol. The maximum Gasteiger partial charge on any atom is 0.224 e. The molecule has 144 valence electrons. The fourth-order valence-electron chi connectivity index (χ4n) is 3.47. The van der Waals surface area contributed by atoms with Gasteiger partial charge in [0.15, 0.2) is 0 Å². The van der Waals surface area contributed by atoms with Gasteiger partial charge in [0.05, 0.1) is 0 Å². The van der Waals surface area contributed by atoms with E-state index in [9.17, 15) is 4.79 Å². The summed E-state index contributed by atoms with van der Waals surface area (Å²) in [4.78, 5) is 17.2. The summed E-state index contributed by atoms with van der Waals surface area (Å²) < 4.78 is 0. The van der Waals surface area contributed by atoms with Crippen molar-refractivity contribution >= 4 is 28.9 Å². The third kappa shape index (κ3) is 5.24. The predicted octanol–water partition coefficient (Wildman–Crippen LogP) is 4.36. The highest BCUT2D eigenvalue weighted by atomic mass is 35.5. The third-order valence-electron chi connectivity index (χ3n) is 5.25. The Labute approximate surface area is 167 Å². The molecule has 27 heavy (non-hydrogen) atoms. The standard InChI is InChI=1S/C22H28ClN3O/c1-3-25-12-14-26(15-13-25)19-9-10-21(17(2)16-19)24-22(27)11-8-18-6-4-5-7-20(18)23/h4-7,9-10,16H,3,8,11-15H2,1-2H3,(H,24,27). The molecule has 1 fully saturated rings. The van der Waals surface area contributed by atoms with Crippen LogP contribution in [0.4, 0.5) is 11.4 Å². The highest BCUT2D eigenvalue weighted by Crippen LogP contribution is 2.24. The van der Waals surface area contributed by atoms with Crippen LogP contribution in [0.15, 0.2) is 42.5 Å². The molecule has 1 amide bonds. The lowest BCUT2D eigenvalue weighted by Crippen LogP contribution is -2.46. The molecule has 1 aliphatic heterocycles. The number of benzene rings is 2. The van der Waals surface area contributed by atoms with Gasteiger partial charge >= 0.3 is 0 Å². The van der Waals surface area contributed by atoms with Gasteiger partial charge in [0.1, 0.15) is 0 Å². The lowest BCUT2D eigenvalue weighted by molar-refractivity contribution is -0.116. The van der Waals surface area contributed by atoms with E-state index in [0.29, 0.717) is 17.9 Å². The minimum absolute atomic E-state index is 0.0160. The average Bonchev–Trinajstić information content (AvgIpc) is 2.69. The van der Waals surface area contributed by atoms with E-state index in [2.05, 4.69) is 41.1 Å². The van der Waals surface area contributed by atoms with Crippen molar-refractivity contribution in [3.63, 3.8) is 0 Å². The Morgan fingerprint density at radius 1 is 1.11 bits per heavy atom. The first kappa shape index (κ1) is 19.7. The van der Waals surface area contributed by atoms with Crippen molar-refractivity contribution < 1.29 is 4.79 Å². The van der Waals surface area contributed by atoms with Crippen molar-refractivity contribution in [2.75, 3.05) is 42.9 Å². The summed E-state index contributed by atoms with van der Waals surface area (Å²) >= 11 is 6.16. The quantitative estimate of drug-likeness (QED) is 0.802. The van der Waals surface area contributed by atoms with Crippen molar-refractivity contribution in [3.8, 4) is 0 Å². The Bertz CT molecular complexity index is 785. The zero-order valence-corrected chi connectivity index (χ0v) is 16.9. The Hall–Kier alpha value is -2.04. The van der Waals surface area contributed by atoms with Gasteiger partial charge in [-0.25, -0.2) is 0 Å². The summed E-state index contributed by atoms with van der Waals surface area (Å²) in [6.45, 7) is 9.70. The maximum absolute atomic E-state index is 12.3. The van der Waals surface area contributed by atoms with E-state index in [1.165, 1.54) is 5.69 Å². The molecule has 0 unspecified atom stereocenters. The molecular weight excluding hydrogens is 358 g/mol. The van der Waals surface area contributed by atoms with Crippen LogP contribution >= 0.6 is 11.6 Å². The van der Waals surface area contributed by atoms with Crippen molar-refractivity contribution in [2.45, 2.75) is 26.7 Å². The first-order valence-electron chi connectivity index (χ1n) is 9.68. The number of carbonyl (C=O) groups excluding carboxylic acids is 1. The van der Waals surface area contributed by atoms with E-state index in [4.69, 9.17) is 11.6 Å². The summed E-state index contributed by atoms with van der Waals surface area (Å²) in [7, 11) is 0. The van der Waals surface area contributed by atoms with E-state index >= 15 is 0 Å². The van der Waals surface area contributed by atoms with E-state index in [0.717, 1.165) is 49.5 Å². The molecule has 1 aliphatic rings. The van der Waals surface area contributed by atoms with Crippen LogP contribution in [0, 0.1) is 6.92 Å². The van der Waals surface area contributed by atoms with Crippen LogP contribution in [-0.2, 0) is 11.2 Å². The van der Waals surface area contributed by atoms with Gasteiger partial charge in [0.25, 0.3) is 0 Å². The van der Waals surface area contributed by atoms with Crippen molar-refractivity contribution in [3.05, 3.63) is 58.6 Å². The molecule has 1 N–H and O–H groups in total. The second-order valence-electron chi connectivity index (χ2n) is 7.06. The van der Waals surface area contributed by atoms with Gasteiger partial charge in [0.2, 0.25) is 5.91 Å². The smallest absolute Gasteiger partial charge is 0.224 e. The molecule has 0 radical (unpaired) electrons. The maximum atomic E-state index is 12.3. The first-order chi connectivity index (χ1) is 13.1. The fraction of sp³-hybridized carbons (Fsp3) is 0.409. The number of amides is 1. The van der Waals surface area contributed by atoms with Crippen LogP contribution < -0.4 is 10.2 Å². The highest BCUT2D eigenvalue weighted by Gasteiger charge is 2.16. The Morgan fingerprint density at radius 3 is 2.52 bits per heavy atom. The van der Waals surface area contributed by atoms with Gasteiger partial charge < -0.3 is 15.1 Å². The number of nitrogens with zero attached hydrogens (tertiary/aromatic N) is 2. The second kappa shape index (κ2) is 9.25. The molecule has 2 aromatic rings.